The molecule has 0 spiro atoms. The fourth-order valence-corrected chi connectivity index (χ4v) is 3.13. The third-order valence-electron chi connectivity index (χ3n) is 5.01. The molecule has 11 heteroatoms. The van der Waals surface area contributed by atoms with Crippen LogP contribution in [0.4, 0.5) is 43.9 Å². The summed E-state index contributed by atoms with van der Waals surface area (Å²) in [5.74, 6) is -23.7. The lowest BCUT2D eigenvalue weighted by Gasteiger charge is -2.49. The molecule has 0 aromatic carbocycles. The van der Waals surface area contributed by atoms with Crippen LogP contribution in [0.15, 0.2) is 0 Å². The summed E-state index contributed by atoms with van der Waals surface area (Å²) >= 11 is 0. The first-order chi connectivity index (χ1) is 11.5. The van der Waals surface area contributed by atoms with Crippen LogP contribution >= 0.6 is 0 Å². The summed E-state index contributed by atoms with van der Waals surface area (Å²) in [4.78, 5) is 0. The van der Waals surface area contributed by atoms with Crippen LogP contribution in [-0.4, -0.2) is 35.4 Å². The quantitative estimate of drug-likeness (QED) is 0.447. The second-order valence-electron chi connectivity index (χ2n) is 8.48. The fourth-order valence-electron chi connectivity index (χ4n) is 3.13. The lowest BCUT2D eigenvalue weighted by atomic mass is 9.66. The van der Waals surface area contributed by atoms with E-state index in [-0.39, 0.29) is 6.42 Å². The van der Waals surface area contributed by atoms with Crippen molar-refractivity contribution in [3.63, 3.8) is 0 Å². The Morgan fingerprint density at radius 1 is 0.741 bits per heavy atom. The maximum atomic E-state index is 15.2. The van der Waals surface area contributed by atoms with E-state index < -0.39 is 52.7 Å². The van der Waals surface area contributed by atoms with Crippen LogP contribution in [0.25, 0.3) is 0 Å². The van der Waals surface area contributed by atoms with Crippen LogP contribution in [0.5, 0.6) is 0 Å². The Balaban J connectivity index is 3.95. The van der Waals surface area contributed by atoms with E-state index in [1.807, 2.05) is 0 Å². The summed E-state index contributed by atoms with van der Waals surface area (Å²) in [6, 6.07) is 0. The average molecular weight is 420 g/mol. The van der Waals surface area contributed by atoms with Crippen molar-refractivity contribution < 1.29 is 48.6 Å². The van der Waals surface area contributed by atoms with E-state index in [1.165, 1.54) is 6.92 Å². The van der Waals surface area contributed by atoms with Gasteiger partial charge in [0.05, 0.1) is 0 Å². The number of ether oxygens (including phenoxy) is 1. The van der Waals surface area contributed by atoms with Crippen LogP contribution in [0.3, 0.4) is 0 Å². The minimum Gasteiger partial charge on any atom is -0.269 e. The zero-order chi connectivity index (χ0) is 22.1. The first-order valence-corrected chi connectivity index (χ1v) is 8.11. The van der Waals surface area contributed by atoms with Crippen molar-refractivity contribution in [2.45, 2.75) is 89.8 Å². The third kappa shape index (κ3) is 2.62. The molecule has 1 nitrogen and oxygen atoms in total. The van der Waals surface area contributed by atoms with Crippen molar-refractivity contribution in [3.05, 3.63) is 0 Å². The van der Waals surface area contributed by atoms with Gasteiger partial charge < -0.3 is 0 Å². The molecule has 0 amide bonds. The van der Waals surface area contributed by atoms with E-state index in [0.717, 1.165) is 0 Å². The molecule has 1 heterocycles. The van der Waals surface area contributed by atoms with Crippen LogP contribution in [0.1, 0.15) is 54.4 Å². The minimum atomic E-state index is -6.59. The first-order valence-electron chi connectivity index (χ1n) is 8.11. The summed E-state index contributed by atoms with van der Waals surface area (Å²) in [5.41, 5.74) is -12.1. The van der Waals surface area contributed by atoms with Gasteiger partial charge in [0.15, 0.2) is 0 Å². The summed E-state index contributed by atoms with van der Waals surface area (Å²) in [7, 11) is 0. The van der Waals surface area contributed by atoms with Gasteiger partial charge in [0.1, 0.15) is 0 Å². The highest BCUT2D eigenvalue weighted by atomic mass is 19.3. The zero-order valence-corrected chi connectivity index (χ0v) is 15.6. The Bertz CT molecular complexity index is 580. The van der Waals surface area contributed by atoms with Crippen molar-refractivity contribution >= 4 is 0 Å². The summed E-state index contributed by atoms with van der Waals surface area (Å²) in [6.07, 6.45) is -7.04. The Labute approximate surface area is 150 Å². The largest absolute Gasteiger partial charge is 0.426 e. The highest BCUT2D eigenvalue weighted by Gasteiger charge is 3.00. The predicted octanol–water partition coefficient (Wildman–Crippen LogP) is 6.76. The molecule has 0 N–H and O–H groups in total. The van der Waals surface area contributed by atoms with Crippen LogP contribution in [0, 0.1) is 10.8 Å². The third-order valence-corrected chi connectivity index (χ3v) is 5.01. The highest BCUT2D eigenvalue weighted by molar-refractivity contribution is 5.26. The standard InChI is InChI=1S/C16H22F10O/c1-7-8-10(5,6)13(20,21)15(24)11(17,12(18,19)9(2,3)4)14(22,23)16(25,26)27-15/h7-8H2,1-6H3. The molecule has 0 bridgehead atoms. The molecule has 1 aliphatic heterocycles. The Kier molecular flexibility index (Phi) is 5.30. The molecular weight excluding hydrogens is 398 g/mol. The van der Waals surface area contributed by atoms with Crippen LogP contribution in [-0.2, 0) is 4.74 Å². The lowest BCUT2D eigenvalue weighted by molar-refractivity contribution is -0.402. The monoisotopic (exact) mass is 420 g/mol. The molecule has 0 saturated carbocycles. The number of rotatable bonds is 5. The van der Waals surface area contributed by atoms with E-state index in [2.05, 4.69) is 4.74 Å². The van der Waals surface area contributed by atoms with E-state index >= 15 is 8.78 Å². The van der Waals surface area contributed by atoms with Gasteiger partial charge in [-0.1, -0.05) is 48.0 Å². The summed E-state index contributed by atoms with van der Waals surface area (Å²) in [6.45, 7) is 3.72. The first kappa shape index (κ1) is 24.3. The summed E-state index contributed by atoms with van der Waals surface area (Å²) < 4.78 is 148. The molecule has 2 unspecified atom stereocenters. The zero-order valence-electron chi connectivity index (χ0n) is 15.6. The molecule has 1 saturated heterocycles. The topological polar surface area (TPSA) is 9.23 Å². The molecule has 0 aromatic heterocycles. The van der Waals surface area contributed by atoms with E-state index in [1.54, 1.807) is 0 Å². The van der Waals surface area contributed by atoms with Gasteiger partial charge in [-0.05, 0) is 6.42 Å². The molecule has 0 radical (unpaired) electrons. The van der Waals surface area contributed by atoms with Crippen molar-refractivity contribution in [1.29, 1.82) is 0 Å². The number of alkyl halides is 10. The number of halogens is 10. The Morgan fingerprint density at radius 3 is 1.48 bits per heavy atom. The van der Waals surface area contributed by atoms with Gasteiger partial charge in [-0.15, -0.1) is 0 Å². The van der Waals surface area contributed by atoms with Gasteiger partial charge in [0.25, 0.3) is 5.92 Å². The highest BCUT2D eigenvalue weighted by Crippen LogP contribution is 2.72. The average Bonchev–Trinajstić information content (AvgIpc) is 2.54. The predicted molar refractivity (Wildman–Crippen MR) is 76.7 cm³/mol. The molecule has 27 heavy (non-hydrogen) atoms. The van der Waals surface area contributed by atoms with Crippen LogP contribution in [0.2, 0.25) is 0 Å². The normalized spacial score (nSPS) is 32.0. The van der Waals surface area contributed by atoms with Crippen molar-refractivity contribution in [2.75, 3.05) is 0 Å². The number of hydrogen-bond donors (Lipinski definition) is 0. The van der Waals surface area contributed by atoms with E-state index in [4.69, 9.17) is 0 Å². The molecule has 1 aliphatic rings. The van der Waals surface area contributed by atoms with Crippen molar-refractivity contribution in [3.8, 4) is 0 Å². The molecule has 1 fully saturated rings. The smallest absolute Gasteiger partial charge is 0.269 e. The SMILES string of the molecule is CCCC(C)(C)C(F)(F)C1(F)OC(F)(F)C(F)(F)C1(F)C(F)(F)C(C)(C)C. The van der Waals surface area contributed by atoms with Crippen molar-refractivity contribution in [2.24, 2.45) is 10.8 Å². The van der Waals surface area contributed by atoms with E-state index in [9.17, 15) is 35.1 Å². The van der Waals surface area contributed by atoms with Gasteiger partial charge in [-0.3, -0.25) is 4.74 Å². The van der Waals surface area contributed by atoms with Gasteiger partial charge in [0.2, 0.25) is 0 Å². The Morgan fingerprint density at radius 2 is 1.15 bits per heavy atom. The van der Waals surface area contributed by atoms with Gasteiger partial charge in [-0.2, -0.15) is 26.3 Å². The second-order valence-corrected chi connectivity index (χ2v) is 8.48. The molecule has 1 rings (SSSR count). The summed E-state index contributed by atoms with van der Waals surface area (Å²) in [5, 5.41) is 0. The molecule has 2 atom stereocenters. The maximum Gasteiger partial charge on any atom is 0.426 e. The van der Waals surface area contributed by atoms with Gasteiger partial charge >= 0.3 is 29.5 Å². The van der Waals surface area contributed by atoms with Gasteiger partial charge in [0, 0.05) is 10.8 Å². The molecule has 162 valence electrons. The molecule has 0 aromatic rings. The lowest BCUT2D eigenvalue weighted by Crippen LogP contribution is -2.75. The van der Waals surface area contributed by atoms with Gasteiger partial charge in [-0.25, -0.2) is 17.6 Å². The second kappa shape index (κ2) is 5.89. The molecular formula is C16H22F10O. The van der Waals surface area contributed by atoms with Crippen LogP contribution < -0.4 is 0 Å². The fraction of sp³-hybridized carbons (Fsp3) is 1.00. The maximum absolute atomic E-state index is 15.2. The molecule has 0 aliphatic carbocycles. The minimum absolute atomic E-state index is 0.125. The number of hydrogen-bond acceptors (Lipinski definition) is 1. The van der Waals surface area contributed by atoms with Crippen molar-refractivity contribution in [1.82, 2.24) is 0 Å². The van der Waals surface area contributed by atoms with E-state index in [0.29, 0.717) is 34.6 Å². The Hall–Kier alpha value is -0.740.